The fourth-order valence-electron chi connectivity index (χ4n) is 5.59. The molecule has 0 aliphatic carbocycles. The van der Waals surface area contributed by atoms with Crippen molar-refractivity contribution in [2.45, 2.75) is 50.9 Å². The number of aliphatic hydroxyl groups is 1. The molecule has 0 unspecified atom stereocenters. The van der Waals surface area contributed by atoms with E-state index in [1.54, 1.807) is 12.1 Å². The fourth-order valence-corrected chi connectivity index (χ4v) is 5.72. The first kappa shape index (κ1) is 34.0. The molecule has 9 nitrogen and oxygen atoms in total. The number of halogens is 1. The van der Waals surface area contributed by atoms with Crippen molar-refractivity contribution < 1.29 is 19.5 Å². The van der Waals surface area contributed by atoms with Crippen LogP contribution < -0.4 is 20.9 Å². The summed E-state index contributed by atoms with van der Waals surface area (Å²) in [6.07, 6.45) is -0.153. The third-order valence-corrected chi connectivity index (χ3v) is 8.35. The molecular weight excluding hydrogens is 590 g/mol. The minimum atomic E-state index is -0.882. The zero-order chi connectivity index (χ0) is 32.3. The summed E-state index contributed by atoms with van der Waals surface area (Å²) < 4.78 is 0. The van der Waals surface area contributed by atoms with Crippen LogP contribution >= 0.6 is 11.6 Å². The van der Waals surface area contributed by atoms with Gasteiger partial charge in [0.15, 0.2) is 0 Å². The van der Waals surface area contributed by atoms with Crippen molar-refractivity contribution in [3.05, 3.63) is 101 Å². The van der Waals surface area contributed by atoms with E-state index in [0.29, 0.717) is 31.0 Å². The van der Waals surface area contributed by atoms with E-state index in [2.05, 4.69) is 22.0 Å². The number of likely N-dealkylation sites (tertiary alicyclic amines) is 1. The Hall–Kier alpha value is -3.92. The second-order valence-corrected chi connectivity index (χ2v) is 12.2. The van der Waals surface area contributed by atoms with Crippen molar-refractivity contribution >= 4 is 35.0 Å². The van der Waals surface area contributed by atoms with Gasteiger partial charge in [-0.3, -0.25) is 14.4 Å². The molecule has 1 aliphatic heterocycles. The van der Waals surface area contributed by atoms with E-state index in [-0.39, 0.29) is 37.2 Å². The van der Waals surface area contributed by atoms with E-state index in [1.165, 1.54) is 4.90 Å². The van der Waals surface area contributed by atoms with Gasteiger partial charge in [0.25, 0.3) is 0 Å². The number of likely N-dealkylation sites (N-methyl/N-ethyl adjacent to an activating group) is 1. The Bertz CT molecular complexity index is 1420. The molecule has 1 fully saturated rings. The highest BCUT2D eigenvalue weighted by Gasteiger charge is 2.41. The Morgan fingerprint density at radius 3 is 2.36 bits per heavy atom. The van der Waals surface area contributed by atoms with E-state index < -0.39 is 24.1 Å². The number of nitrogens with one attached hydrogen (secondary N) is 3. The Morgan fingerprint density at radius 2 is 1.67 bits per heavy atom. The third kappa shape index (κ3) is 9.78. The summed E-state index contributed by atoms with van der Waals surface area (Å²) in [4.78, 5) is 43.5. The van der Waals surface area contributed by atoms with Crippen molar-refractivity contribution in [2.24, 2.45) is 5.92 Å². The Balaban J connectivity index is 1.43. The highest BCUT2D eigenvalue weighted by Crippen LogP contribution is 2.24. The summed E-state index contributed by atoms with van der Waals surface area (Å²) >= 11 is 6.04. The zero-order valence-electron chi connectivity index (χ0n) is 26.2. The second kappa shape index (κ2) is 16.4. The minimum Gasteiger partial charge on any atom is -0.390 e. The minimum absolute atomic E-state index is 0.00300. The van der Waals surface area contributed by atoms with Gasteiger partial charge < -0.3 is 30.9 Å². The van der Waals surface area contributed by atoms with Crippen molar-refractivity contribution in [3.8, 4) is 0 Å². The first-order valence-corrected chi connectivity index (χ1v) is 15.8. The van der Waals surface area contributed by atoms with E-state index >= 15 is 0 Å². The topological polar surface area (TPSA) is 114 Å². The highest BCUT2D eigenvalue weighted by atomic mass is 35.5. The summed E-state index contributed by atoms with van der Waals surface area (Å²) in [6, 6.07) is 23.7. The maximum absolute atomic E-state index is 13.6. The molecule has 0 bridgehead atoms. The molecule has 10 heteroatoms. The normalized spacial score (nSPS) is 16.6. The number of carbonyl (C=O) groups is 3. The number of hydrogen-bond donors (Lipinski definition) is 4. The SMILES string of the molecule is CCNC(=O)[C@H](Cc1ccc(Cl)cc1)N1C[C@@H](C(=O)N[C@@H](Cc2ccccc2)[C@H](O)CNCc2cccc(N(C)C)c2)CC1=O. The van der Waals surface area contributed by atoms with Crippen LogP contribution in [0.15, 0.2) is 78.9 Å². The first-order valence-electron chi connectivity index (χ1n) is 15.5. The predicted molar refractivity (Wildman–Crippen MR) is 178 cm³/mol. The summed E-state index contributed by atoms with van der Waals surface area (Å²) in [6.45, 7) is 3.20. The molecule has 0 radical (unpaired) electrons. The highest BCUT2D eigenvalue weighted by molar-refractivity contribution is 6.30. The number of anilines is 1. The summed E-state index contributed by atoms with van der Waals surface area (Å²) in [5.74, 6) is -1.47. The molecule has 45 heavy (non-hydrogen) atoms. The molecule has 0 spiro atoms. The molecule has 0 aromatic heterocycles. The summed E-state index contributed by atoms with van der Waals surface area (Å²) in [5, 5.41) is 21.0. The lowest BCUT2D eigenvalue weighted by molar-refractivity contribution is -0.137. The van der Waals surface area contributed by atoms with Crippen molar-refractivity contribution in [3.63, 3.8) is 0 Å². The molecule has 4 rings (SSSR count). The van der Waals surface area contributed by atoms with Gasteiger partial charge in [0.2, 0.25) is 17.7 Å². The molecular formula is C35H44ClN5O4. The molecule has 4 atom stereocenters. The van der Waals surface area contributed by atoms with Gasteiger partial charge in [0.05, 0.1) is 18.1 Å². The van der Waals surface area contributed by atoms with Crippen LogP contribution in [-0.4, -0.2) is 79.6 Å². The third-order valence-electron chi connectivity index (χ3n) is 8.10. The van der Waals surface area contributed by atoms with Crippen LogP contribution in [0.5, 0.6) is 0 Å². The first-order chi connectivity index (χ1) is 21.6. The summed E-state index contributed by atoms with van der Waals surface area (Å²) in [7, 11) is 3.98. The molecule has 1 heterocycles. The van der Waals surface area contributed by atoms with E-state index in [9.17, 15) is 19.5 Å². The van der Waals surface area contributed by atoms with Gasteiger partial charge in [0, 0.05) is 63.8 Å². The van der Waals surface area contributed by atoms with E-state index in [4.69, 9.17) is 11.6 Å². The van der Waals surface area contributed by atoms with Gasteiger partial charge in [-0.05, 0) is 54.3 Å². The van der Waals surface area contributed by atoms with Crippen molar-refractivity contribution in [2.75, 3.05) is 38.6 Å². The number of amides is 3. The lowest BCUT2D eigenvalue weighted by atomic mass is 9.99. The second-order valence-electron chi connectivity index (χ2n) is 11.8. The summed E-state index contributed by atoms with van der Waals surface area (Å²) in [5.41, 5.74) is 4.01. The average molecular weight is 634 g/mol. The van der Waals surface area contributed by atoms with Gasteiger partial charge in [0.1, 0.15) is 6.04 Å². The van der Waals surface area contributed by atoms with Crippen LogP contribution in [0.4, 0.5) is 5.69 Å². The smallest absolute Gasteiger partial charge is 0.243 e. The van der Waals surface area contributed by atoms with Crippen LogP contribution in [0, 0.1) is 5.92 Å². The molecule has 1 saturated heterocycles. The standard InChI is InChI=1S/C35H44ClN5O4/c1-4-38-35(45)31(19-25-13-15-28(36)16-14-25)41-23-27(20-33(41)43)34(44)39-30(18-24-9-6-5-7-10-24)32(42)22-37-21-26-11-8-12-29(17-26)40(2)3/h5-17,27,30-32,37,42H,4,18-23H2,1-3H3,(H,38,45)(H,39,44)/t27-,30-,31-,32+/m0/s1. The molecule has 3 amide bonds. The molecule has 4 N–H and O–H groups in total. The molecule has 240 valence electrons. The Kier molecular flexibility index (Phi) is 12.4. The van der Waals surface area contributed by atoms with Crippen LogP contribution in [0.3, 0.4) is 0 Å². The number of carbonyl (C=O) groups excluding carboxylic acids is 3. The van der Waals surface area contributed by atoms with Crippen molar-refractivity contribution in [1.29, 1.82) is 0 Å². The zero-order valence-corrected chi connectivity index (χ0v) is 27.0. The number of hydrogen-bond acceptors (Lipinski definition) is 6. The van der Waals surface area contributed by atoms with Crippen LogP contribution in [-0.2, 0) is 33.8 Å². The number of aliphatic hydroxyl groups excluding tert-OH is 1. The molecule has 3 aromatic rings. The average Bonchev–Trinajstić information content (AvgIpc) is 3.42. The van der Waals surface area contributed by atoms with Crippen molar-refractivity contribution in [1.82, 2.24) is 20.9 Å². The van der Waals surface area contributed by atoms with Gasteiger partial charge in [-0.2, -0.15) is 0 Å². The maximum atomic E-state index is 13.6. The number of nitrogens with zero attached hydrogens (tertiary/aromatic N) is 2. The lowest BCUT2D eigenvalue weighted by Gasteiger charge is -2.28. The van der Waals surface area contributed by atoms with Crippen LogP contribution in [0.1, 0.15) is 30.0 Å². The quantitative estimate of drug-likeness (QED) is 0.205. The van der Waals surface area contributed by atoms with E-state index in [1.807, 2.05) is 86.6 Å². The Morgan fingerprint density at radius 1 is 0.978 bits per heavy atom. The van der Waals surface area contributed by atoms with E-state index in [0.717, 1.165) is 22.4 Å². The molecule has 3 aromatic carbocycles. The lowest BCUT2D eigenvalue weighted by Crippen LogP contribution is -2.51. The predicted octanol–water partition coefficient (Wildman–Crippen LogP) is 3.18. The molecule has 0 saturated carbocycles. The molecule has 1 aliphatic rings. The van der Waals surface area contributed by atoms with Gasteiger partial charge in [-0.15, -0.1) is 0 Å². The monoisotopic (exact) mass is 633 g/mol. The van der Waals surface area contributed by atoms with Gasteiger partial charge >= 0.3 is 0 Å². The van der Waals surface area contributed by atoms with Gasteiger partial charge in [-0.1, -0.05) is 66.2 Å². The van der Waals surface area contributed by atoms with Crippen LogP contribution in [0.25, 0.3) is 0 Å². The van der Waals surface area contributed by atoms with Gasteiger partial charge in [-0.25, -0.2) is 0 Å². The van der Waals surface area contributed by atoms with Crippen LogP contribution in [0.2, 0.25) is 5.02 Å². The Labute approximate surface area is 270 Å². The number of rotatable bonds is 15. The fraction of sp³-hybridized carbons (Fsp3) is 0.400. The largest absolute Gasteiger partial charge is 0.390 e. The number of benzene rings is 3. The maximum Gasteiger partial charge on any atom is 0.243 e.